The maximum absolute atomic E-state index is 12.8. The van der Waals surface area contributed by atoms with Gasteiger partial charge >= 0.3 is 5.97 Å². The number of benzene rings is 1. The van der Waals surface area contributed by atoms with Crippen molar-refractivity contribution in [3.63, 3.8) is 0 Å². The van der Waals surface area contributed by atoms with Crippen LogP contribution < -0.4 is 5.32 Å². The Labute approximate surface area is 167 Å². The van der Waals surface area contributed by atoms with Crippen LogP contribution in [0.1, 0.15) is 51.5 Å². The number of carbonyl (C=O) groups is 2. The standard InChI is InChI=1S/C20H30N2O5S/c1-4-22(5-2)28(25,26)18-13-17(11-10-15(18)3)21-19(23)14-27-20(24)12-16-8-6-7-9-16/h10-11,13,16H,4-9,12,14H2,1-3H3,(H,21,23). The number of hydrogen-bond acceptors (Lipinski definition) is 5. The Balaban J connectivity index is 1.98. The summed E-state index contributed by atoms with van der Waals surface area (Å²) < 4.78 is 32.0. The lowest BCUT2D eigenvalue weighted by atomic mass is 10.1. The third-order valence-electron chi connectivity index (χ3n) is 5.09. The molecule has 0 saturated heterocycles. The van der Waals surface area contributed by atoms with Gasteiger partial charge in [0.1, 0.15) is 0 Å². The van der Waals surface area contributed by atoms with Crippen molar-refractivity contribution in [3.05, 3.63) is 23.8 Å². The average molecular weight is 411 g/mol. The SMILES string of the molecule is CCN(CC)S(=O)(=O)c1cc(NC(=O)COC(=O)CC2CCCC2)ccc1C. The normalized spacial score (nSPS) is 15.0. The van der Waals surface area contributed by atoms with E-state index in [0.717, 1.165) is 25.7 Å². The molecule has 1 aromatic carbocycles. The quantitative estimate of drug-likeness (QED) is 0.632. The molecule has 1 aliphatic carbocycles. The minimum absolute atomic E-state index is 0.159. The number of sulfonamides is 1. The van der Waals surface area contributed by atoms with Crippen LogP contribution in [0.25, 0.3) is 0 Å². The fourth-order valence-corrected chi connectivity index (χ4v) is 5.22. The van der Waals surface area contributed by atoms with Crippen molar-refractivity contribution in [3.8, 4) is 0 Å². The van der Waals surface area contributed by atoms with Crippen molar-refractivity contribution in [1.82, 2.24) is 4.31 Å². The van der Waals surface area contributed by atoms with Crippen LogP contribution in [0.2, 0.25) is 0 Å². The minimum Gasteiger partial charge on any atom is -0.456 e. The summed E-state index contributed by atoms with van der Waals surface area (Å²) >= 11 is 0. The number of aryl methyl sites for hydroxylation is 1. The molecule has 7 nitrogen and oxygen atoms in total. The fraction of sp³-hybridized carbons (Fsp3) is 0.600. The summed E-state index contributed by atoms with van der Waals surface area (Å²) in [7, 11) is -3.63. The van der Waals surface area contributed by atoms with E-state index in [9.17, 15) is 18.0 Å². The van der Waals surface area contributed by atoms with Crippen LogP contribution in [0.4, 0.5) is 5.69 Å². The van der Waals surface area contributed by atoms with E-state index < -0.39 is 15.9 Å². The molecular formula is C20H30N2O5S. The molecule has 1 amide bonds. The summed E-state index contributed by atoms with van der Waals surface area (Å²) in [6.45, 7) is 5.63. The van der Waals surface area contributed by atoms with Crippen molar-refractivity contribution in [2.45, 2.75) is 57.8 Å². The van der Waals surface area contributed by atoms with Crippen LogP contribution in [0.3, 0.4) is 0 Å². The van der Waals surface area contributed by atoms with Gasteiger partial charge in [0.25, 0.3) is 5.91 Å². The lowest BCUT2D eigenvalue weighted by molar-refractivity contribution is -0.148. The van der Waals surface area contributed by atoms with Gasteiger partial charge in [-0.15, -0.1) is 0 Å². The van der Waals surface area contributed by atoms with Gasteiger partial charge in [-0.1, -0.05) is 32.8 Å². The van der Waals surface area contributed by atoms with Gasteiger partial charge in [0, 0.05) is 25.2 Å². The van der Waals surface area contributed by atoms with E-state index in [1.165, 1.54) is 10.4 Å². The van der Waals surface area contributed by atoms with E-state index in [-0.39, 0.29) is 17.5 Å². The number of esters is 1. The third-order valence-corrected chi connectivity index (χ3v) is 7.28. The Morgan fingerprint density at radius 2 is 1.82 bits per heavy atom. The number of hydrogen-bond donors (Lipinski definition) is 1. The molecule has 1 fully saturated rings. The van der Waals surface area contributed by atoms with Crippen LogP contribution in [-0.2, 0) is 24.3 Å². The molecule has 0 spiro atoms. The summed E-state index contributed by atoms with van der Waals surface area (Å²) in [5, 5.41) is 2.61. The van der Waals surface area contributed by atoms with Gasteiger partial charge in [-0.25, -0.2) is 8.42 Å². The summed E-state index contributed by atoms with van der Waals surface area (Å²) in [6.07, 6.45) is 4.71. The second kappa shape index (κ2) is 10.0. The molecule has 8 heteroatoms. The number of rotatable bonds is 9. The van der Waals surface area contributed by atoms with E-state index in [1.54, 1.807) is 32.9 Å². The zero-order valence-electron chi connectivity index (χ0n) is 16.9. The topological polar surface area (TPSA) is 92.8 Å². The first kappa shape index (κ1) is 22.4. The summed E-state index contributed by atoms with van der Waals surface area (Å²) in [5.74, 6) is -0.494. The van der Waals surface area contributed by atoms with Crippen molar-refractivity contribution in [2.24, 2.45) is 5.92 Å². The van der Waals surface area contributed by atoms with Crippen molar-refractivity contribution in [2.75, 3.05) is 25.0 Å². The molecule has 28 heavy (non-hydrogen) atoms. The maximum Gasteiger partial charge on any atom is 0.306 e. The molecule has 1 saturated carbocycles. The first-order valence-electron chi connectivity index (χ1n) is 9.84. The first-order chi connectivity index (χ1) is 13.3. The zero-order chi connectivity index (χ0) is 20.7. The molecule has 0 unspecified atom stereocenters. The molecule has 1 aliphatic rings. The Morgan fingerprint density at radius 3 is 2.43 bits per heavy atom. The molecule has 1 N–H and O–H groups in total. The predicted molar refractivity (Wildman–Crippen MR) is 107 cm³/mol. The lowest BCUT2D eigenvalue weighted by Crippen LogP contribution is -2.31. The van der Waals surface area contributed by atoms with Gasteiger partial charge in [-0.3, -0.25) is 9.59 Å². The van der Waals surface area contributed by atoms with E-state index in [0.29, 0.717) is 36.7 Å². The smallest absolute Gasteiger partial charge is 0.306 e. The number of carbonyl (C=O) groups excluding carboxylic acids is 2. The van der Waals surface area contributed by atoms with Gasteiger partial charge in [0.2, 0.25) is 10.0 Å². The number of amides is 1. The summed E-state index contributed by atoms with van der Waals surface area (Å²) in [5.41, 5.74) is 0.959. The third kappa shape index (κ3) is 5.78. The Morgan fingerprint density at radius 1 is 1.18 bits per heavy atom. The van der Waals surface area contributed by atoms with Crippen molar-refractivity contribution >= 4 is 27.6 Å². The van der Waals surface area contributed by atoms with Gasteiger partial charge < -0.3 is 10.1 Å². The van der Waals surface area contributed by atoms with Crippen LogP contribution in [-0.4, -0.2) is 44.3 Å². The molecule has 0 aromatic heterocycles. The number of nitrogens with one attached hydrogen (secondary N) is 1. The molecule has 156 valence electrons. The van der Waals surface area contributed by atoms with E-state index >= 15 is 0 Å². The van der Waals surface area contributed by atoms with E-state index in [1.807, 2.05) is 0 Å². The van der Waals surface area contributed by atoms with E-state index in [2.05, 4.69) is 5.32 Å². The summed E-state index contributed by atoms with van der Waals surface area (Å²) in [6, 6.07) is 4.73. The van der Waals surface area contributed by atoms with Crippen LogP contribution in [0, 0.1) is 12.8 Å². The molecule has 0 atom stereocenters. The zero-order valence-corrected chi connectivity index (χ0v) is 17.7. The number of ether oxygens (including phenoxy) is 1. The first-order valence-corrected chi connectivity index (χ1v) is 11.3. The Hall–Kier alpha value is -1.93. The predicted octanol–water partition coefficient (Wildman–Crippen LogP) is 3.09. The molecule has 0 radical (unpaired) electrons. The Kier molecular flexibility index (Phi) is 8.00. The molecule has 0 aliphatic heterocycles. The van der Waals surface area contributed by atoms with Gasteiger partial charge in [-0.05, 0) is 43.4 Å². The second-order valence-corrected chi connectivity index (χ2v) is 9.04. The average Bonchev–Trinajstić information content (AvgIpc) is 3.15. The lowest BCUT2D eigenvalue weighted by Gasteiger charge is -2.20. The van der Waals surface area contributed by atoms with Crippen LogP contribution in [0.15, 0.2) is 23.1 Å². The minimum atomic E-state index is -3.63. The largest absolute Gasteiger partial charge is 0.456 e. The number of nitrogens with zero attached hydrogens (tertiary/aromatic N) is 1. The molecule has 1 aromatic rings. The highest BCUT2D eigenvalue weighted by Crippen LogP contribution is 2.27. The Bertz CT molecular complexity index is 797. The van der Waals surface area contributed by atoms with Gasteiger partial charge in [0.15, 0.2) is 6.61 Å². The monoisotopic (exact) mass is 410 g/mol. The highest BCUT2D eigenvalue weighted by Gasteiger charge is 2.24. The maximum atomic E-state index is 12.8. The van der Waals surface area contributed by atoms with Gasteiger partial charge in [0.05, 0.1) is 4.90 Å². The van der Waals surface area contributed by atoms with Gasteiger partial charge in [-0.2, -0.15) is 4.31 Å². The molecular weight excluding hydrogens is 380 g/mol. The van der Waals surface area contributed by atoms with Crippen molar-refractivity contribution in [1.29, 1.82) is 0 Å². The molecule has 0 bridgehead atoms. The van der Waals surface area contributed by atoms with Crippen LogP contribution >= 0.6 is 0 Å². The number of anilines is 1. The van der Waals surface area contributed by atoms with Crippen LogP contribution in [0.5, 0.6) is 0 Å². The van der Waals surface area contributed by atoms with E-state index in [4.69, 9.17) is 4.74 Å². The highest BCUT2D eigenvalue weighted by atomic mass is 32.2. The molecule has 2 rings (SSSR count). The highest BCUT2D eigenvalue weighted by molar-refractivity contribution is 7.89. The molecule has 0 heterocycles. The van der Waals surface area contributed by atoms with Crippen molar-refractivity contribution < 1.29 is 22.7 Å². The summed E-state index contributed by atoms with van der Waals surface area (Å²) in [4.78, 5) is 24.1. The second-order valence-electron chi connectivity index (χ2n) is 7.13. The fourth-order valence-electron chi connectivity index (χ4n) is 3.51.